The maximum Gasteiger partial charge on any atom is 0.351 e. The molecule has 0 amide bonds. The SMILES string of the molecule is Nc1ccn([C@@H]2CS[C@H](CO)O2)c(=O)n1.O=S(=O)([O-])[O-]. The van der Waals surface area contributed by atoms with Crippen molar-refractivity contribution in [3.05, 3.63) is 22.7 Å². The van der Waals surface area contributed by atoms with Crippen LogP contribution in [0.25, 0.3) is 0 Å². The molecule has 2 rings (SSSR count). The quantitative estimate of drug-likeness (QED) is 0.460. The Morgan fingerprint density at radius 1 is 1.60 bits per heavy atom. The maximum atomic E-state index is 11.4. The summed E-state index contributed by atoms with van der Waals surface area (Å²) in [6, 6.07) is 1.54. The molecule has 0 bridgehead atoms. The smallest absolute Gasteiger partial charge is 0.351 e. The van der Waals surface area contributed by atoms with Crippen molar-refractivity contribution >= 4 is 28.0 Å². The van der Waals surface area contributed by atoms with Crippen LogP contribution < -0.4 is 11.4 Å². The van der Waals surface area contributed by atoms with E-state index in [9.17, 15) is 4.79 Å². The zero-order valence-electron chi connectivity index (χ0n) is 9.91. The number of rotatable bonds is 2. The Labute approximate surface area is 118 Å². The van der Waals surface area contributed by atoms with Crippen LogP contribution in [0, 0.1) is 0 Å². The molecule has 0 radical (unpaired) electrons. The van der Waals surface area contributed by atoms with E-state index in [4.69, 9.17) is 33.1 Å². The predicted molar refractivity (Wildman–Crippen MR) is 66.8 cm³/mol. The molecule has 12 heteroatoms. The molecule has 1 aromatic rings. The van der Waals surface area contributed by atoms with Gasteiger partial charge in [-0.25, -0.2) is 4.79 Å². The van der Waals surface area contributed by atoms with Gasteiger partial charge in [0.1, 0.15) is 17.5 Å². The van der Waals surface area contributed by atoms with Crippen LogP contribution in [0.15, 0.2) is 17.1 Å². The van der Waals surface area contributed by atoms with Crippen molar-refractivity contribution in [2.45, 2.75) is 11.7 Å². The second-order valence-electron chi connectivity index (χ2n) is 3.49. The van der Waals surface area contributed by atoms with E-state index < -0.39 is 16.1 Å². The van der Waals surface area contributed by atoms with Gasteiger partial charge in [-0.05, 0) is 6.07 Å². The van der Waals surface area contributed by atoms with Gasteiger partial charge in [-0.15, -0.1) is 11.8 Å². The standard InChI is InChI=1S/C8H11N3O3S.H2O4S/c9-5-1-2-11(8(13)10-5)6-4-15-7(3-12)14-6;1-5(2,3)4/h1-2,6-7,12H,3-4H2,(H2,9,10,13);(H2,1,2,3,4)/p-2/t6-,7+;/m0./s1. The number of hydrogen-bond donors (Lipinski definition) is 2. The molecule has 0 aliphatic carbocycles. The zero-order valence-corrected chi connectivity index (χ0v) is 11.5. The molecule has 20 heavy (non-hydrogen) atoms. The molecule has 10 nitrogen and oxygen atoms in total. The van der Waals surface area contributed by atoms with E-state index in [2.05, 4.69) is 4.98 Å². The van der Waals surface area contributed by atoms with Gasteiger partial charge in [-0.1, -0.05) is 0 Å². The normalized spacial score (nSPS) is 22.1. The molecule has 1 aliphatic heterocycles. The molecule has 0 saturated carbocycles. The van der Waals surface area contributed by atoms with Gasteiger partial charge in [0, 0.05) is 22.3 Å². The number of anilines is 1. The third-order valence-corrected chi connectivity index (χ3v) is 3.15. The molecular formula is C8H11N3O7S2-2. The Hall–Kier alpha value is -1.18. The van der Waals surface area contributed by atoms with E-state index in [1.165, 1.54) is 16.3 Å². The molecule has 2 atom stereocenters. The third kappa shape index (κ3) is 5.85. The Bertz CT molecular complexity index is 594. The van der Waals surface area contributed by atoms with E-state index in [0.717, 1.165) is 0 Å². The van der Waals surface area contributed by atoms with Crippen molar-refractivity contribution in [2.75, 3.05) is 18.1 Å². The fourth-order valence-corrected chi connectivity index (χ4v) is 2.26. The molecule has 114 valence electrons. The summed E-state index contributed by atoms with van der Waals surface area (Å²) in [4.78, 5) is 15.0. The second-order valence-corrected chi connectivity index (χ2v) is 5.50. The van der Waals surface area contributed by atoms with Crippen LogP contribution in [0.2, 0.25) is 0 Å². The first-order valence-electron chi connectivity index (χ1n) is 5.10. The molecule has 1 fully saturated rings. The highest BCUT2D eigenvalue weighted by Gasteiger charge is 2.27. The molecule has 0 unspecified atom stereocenters. The first kappa shape index (κ1) is 16.9. The fourth-order valence-electron chi connectivity index (χ4n) is 1.33. The van der Waals surface area contributed by atoms with Gasteiger partial charge in [0.2, 0.25) is 0 Å². The molecule has 3 N–H and O–H groups in total. The topological polar surface area (TPSA) is 171 Å². The Kier molecular flexibility index (Phi) is 5.91. The van der Waals surface area contributed by atoms with Crippen LogP contribution >= 0.6 is 11.8 Å². The highest BCUT2D eigenvalue weighted by atomic mass is 32.3. The number of aliphatic hydroxyl groups is 1. The van der Waals surface area contributed by atoms with Crippen LogP contribution in [0.5, 0.6) is 0 Å². The molecule has 1 aromatic heterocycles. The van der Waals surface area contributed by atoms with E-state index >= 15 is 0 Å². The lowest BCUT2D eigenvalue weighted by molar-refractivity contribution is -0.00629. The van der Waals surface area contributed by atoms with E-state index in [-0.39, 0.29) is 24.1 Å². The lowest BCUT2D eigenvalue weighted by Crippen LogP contribution is -2.28. The highest BCUT2D eigenvalue weighted by molar-refractivity contribution is 8.00. The molecule has 0 spiro atoms. The van der Waals surface area contributed by atoms with E-state index in [1.54, 1.807) is 12.3 Å². The summed E-state index contributed by atoms with van der Waals surface area (Å²) in [5, 5.41) is 8.88. The Balaban J connectivity index is 0.000000347. The van der Waals surface area contributed by atoms with Gasteiger partial charge in [0.25, 0.3) is 0 Å². The first-order chi connectivity index (χ1) is 9.20. The Morgan fingerprint density at radius 2 is 2.20 bits per heavy atom. The average molecular weight is 325 g/mol. The number of nitrogens with two attached hydrogens (primary N) is 1. The summed E-state index contributed by atoms with van der Waals surface area (Å²) < 4.78 is 40.9. The summed E-state index contributed by atoms with van der Waals surface area (Å²) in [5.41, 5.74) is 4.67. The van der Waals surface area contributed by atoms with Crippen molar-refractivity contribution in [2.24, 2.45) is 0 Å². The summed E-state index contributed by atoms with van der Waals surface area (Å²) in [5.74, 6) is 0.817. The number of aliphatic hydroxyl groups excluding tert-OH is 1. The van der Waals surface area contributed by atoms with Crippen molar-refractivity contribution in [3.8, 4) is 0 Å². The van der Waals surface area contributed by atoms with Crippen molar-refractivity contribution in [3.63, 3.8) is 0 Å². The second kappa shape index (κ2) is 7.01. The number of nitrogens with zero attached hydrogens (tertiary/aromatic N) is 2. The van der Waals surface area contributed by atoms with Crippen molar-refractivity contribution < 1.29 is 27.4 Å². The van der Waals surface area contributed by atoms with Crippen LogP contribution in [0.4, 0.5) is 5.82 Å². The average Bonchev–Trinajstić information content (AvgIpc) is 2.75. The summed E-state index contributed by atoms with van der Waals surface area (Å²) >= 11 is 1.47. The molecule has 1 saturated heterocycles. The van der Waals surface area contributed by atoms with Gasteiger partial charge in [0.15, 0.2) is 0 Å². The van der Waals surface area contributed by atoms with Gasteiger partial charge < -0.3 is 24.7 Å². The van der Waals surface area contributed by atoms with Gasteiger partial charge in [0.05, 0.1) is 6.61 Å². The van der Waals surface area contributed by atoms with Gasteiger partial charge in [-0.3, -0.25) is 13.0 Å². The van der Waals surface area contributed by atoms with E-state index in [1.807, 2.05) is 0 Å². The minimum Gasteiger partial charge on any atom is -0.759 e. The lowest BCUT2D eigenvalue weighted by Gasteiger charge is -2.13. The monoisotopic (exact) mass is 325 g/mol. The fraction of sp³-hybridized carbons (Fsp3) is 0.500. The van der Waals surface area contributed by atoms with Gasteiger partial charge >= 0.3 is 5.69 Å². The van der Waals surface area contributed by atoms with Crippen LogP contribution in [0.3, 0.4) is 0 Å². The zero-order chi connectivity index (χ0) is 15.3. The van der Waals surface area contributed by atoms with Crippen LogP contribution in [-0.2, 0) is 15.1 Å². The first-order valence-corrected chi connectivity index (χ1v) is 7.48. The minimum atomic E-state index is -5.17. The summed E-state index contributed by atoms with van der Waals surface area (Å²) in [7, 11) is -5.17. The van der Waals surface area contributed by atoms with Crippen LogP contribution in [-0.4, -0.2) is 50.0 Å². The maximum absolute atomic E-state index is 11.4. The largest absolute Gasteiger partial charge is 0.759 e. The summed E-state index contributed by atoms with van der Waals surface area (Å²) in [6.45, 7) is -0.0572. The number of nitrogen functional groups attached to an aromatic ring is 1. The molecule has 0 aromatic carbocycles. The predicted octanol–water partition coefficient (Wildman–Crippen LogP) is -1.93. The van der Waals surface area contributed by atoms with E-state index in [0.29, 0.717) is 5.75 Å². The number of hydrogen-bond acceptors (Lipinski definition) is 10. The molecular weight excluding hydrogens is 314 g/mol. The van der Waals surface area contributed by atoms with Crippen molar-refractivity contribution in [1.29, 1.82) is 0 Å². The Morgan fingerprint density at radius 3 is 2.65 bits per heavy atom. The number of aromatic nitrogens is 2. The molecule has 2 heterocycles. The lowest BCUT2D eigenvalue weighted by atomic mass is 10.5. The minimum absolute atomic E-state index is 0.0572. The highest BCUT2D eigenvalue weighted by Crippen LogP contribution is 2.30. The molecule has 1 aliphatic rings. The third-order valence-electron chi connectivity index (χ3n) is 2.04. The number of ether oxygens (including phenoxy) is 1. The van der Waals surface area contributed by atoms with Crippen LogP contribution in [0.1, 0.15) is 6.23 Å². The van der Waals surface area contributed by atoms with Crippen molar-refractivity contribution in [1.82, 2.24) is 9.55 Å². The summed E-state index contributed by atoms with van der Waals surface area (Å²) in [6.07, 6.45) is 1.18. The van der Waals surface area contributed by atoms with Gasteiger partial charge in [-0.2, -0.15) is 4.98 Å². The number of thioether (sulfide) groups is 1.